The standard InChI is InChI=1S/C26H31N3O5S2.C25H27N3O5S.C25H29N3O3S.C20H26O4.C7H9N3O3S.CH3ClO2S.CH4/c1-25(2,3)13-14-26(4)18-10-8-7-9-17(18)22(30)21(23(26)31)24-27-19-12-11-16(28-36(6,33)34)15-20(19)35(5,32)29-24;1-24(2,3)12-13-25(4)17-9-7-6-8-16(17)21(29)20(22(25)30)23-26-18-11-10-15(28(31)32)14-19(18)34(5,33)27-23;1-24(2,3)12-13-25(4)17-9-7-6-8-16(17)21(29)20(22(25)30)23-27-18-11-10-15(26)14-19(18)32(5,31)28-23;1-6-24-18(23)15-16(21)13-9-7-8-10-14(13)20(5,17(15)22)12-11-19(2,3)4;1-14(9,13)7-4-5(10(11)12)2-3-6(7)8;1-5(2,3)4;/h7-12,15,28,30H,13-14H2,1-6H3;6-11,14,29H,12-13H2,1-5H3;6-11,14,29H,12-13,26H2,1-5H3;7-10,21H,6,11-12H2,1-5H3;2-4,9H,8H2,1H3;1H3;1H4/t26-,35?;25-,34?;25-,32?;20-;;;/m1111.../s1. The van der Waals surface area contributed by atoms with Gasteiger partial charge in [-0.1, -0.05) is 188 Å². The van der Waals surface area contributed by atoms with Crippen molar-refractivity contribution < 1.29 is 92.7 Å². The summed E-state index contributed by atoms with van der Waals surface area (Å²) < 4.78 is 121. The maximum absolute atomic E-state index is 14.0. The van der Waals surface area contributed by atoms with Crippen LogP contribution in [0, 0.1) is 46.7 Å². The molecule has 0 amide bonds. The number of rotatable bonds is 18. The number of aliphatic imine (C=N–C) groups is 3. The zero-order chi connectivity index (χ0) is 109. The van der Waals surface area contributed by atoms with E-state index in [1.54, 1.807) is 67.6 Å². The van der Waals surface area contributed by atoms with Gasteiger partial charge in [0.25, 0.3) is 11.4 Å². The Morgan fingerprint density at radius 1 is 0.459 bits per heavy atom. The number of esters is 1. The minimum absolute atomic E-state index is 0. The fourth-order valence-electron chi connectivity index (χ4n) is 17.2. The molecular formula is C105H129ClN12O22S6. The molecule has 0 bridgehead atoms. The molecule has 8 aromatic carbocycles. The van der Waals surface area contributed by atoms with Gasteiger partial charge >= 0.3 is 5.97 Å². The van der Waals surface area contributed by atoms with Crippen LogP contribution < -0.4 is 16.2 Å². The molecule has 41 heteroatoms. The molecule has 34 nitrogen and oxygen atoms in total. The van der Waals surface area contributed by atoms with Crippen molar-refractivity contribution in [2.24, 2.45) is 49.7 Å². The number of Topliss-reactive ketones (excluding diaryl/α,β-unsaturated/α-hetero) is 4. The lowest BCUT2D eigenvalue weighted by molar-refractivity contribution is -0.385. The number of fused-ring (bicyclic) bond motifs is 7. The summed E-state index contributed by atoms with van der Waals surface area (Å²) in [4.78, 5) is 102. The van der Waals surface area contributed by atoms with Crippen molar-refractivity contribution in [3.63, 3.8) is 0 Å². The Hall–Kier alpha value is -12.7. The molecule has 8 atom stereocenters. The second kappa shape index (κ2) is 43.0. The Bertz CT molecular complexity index is 7750. The van der Waals surface area contributed by atoms with Gasteiger partial charge in [-0.2, -0.15) is 13.1 Å². The summed E-state index contributed by atoms with van der Waals surface area (Å²) in [7, 11) is -14.4. The normalized spacial score (nSPS) is 22.2. The van der Waals surface area contributed by atoms with E-state index in [1.165, 1.54) is 73.6 Å². The van der Waals surface area contributed by atoms with E-state index < -0.39 is 95.5 Å². The van der Waals surface area contributed by atoms with Crippen molar-refractivity contribution in [2.45, 2.75) is 218 Å². The Balaban J connectivity index is 0.000000205. The third kappa shape index (κ3) is 26.4. The number of aliphatic hydroxyl groups excluding tert-OH is 4. The summed E-state index contributed by atoms with van der Waals surface area (Å²) in [5.41, 5.74) is 14.1. The number of aliphatic hydroxyl groups is 4. The second-order valence-corrected chi connectivity index (χ2v) is 56.0. The lowest BCUT2D eigenvalue weighted by atomic mass is 9.65. The summed E-state index contributed by atoms with van der Waals surface area (Å²) in [6.07, 6.45) is 12.8. The molecule has 0 saturated carbocycles. The molecule has 0 fully saturated rings. The second-order valence-electron chi connectivity index (χ2n) is 42.4. The molecule has 3 aliphatic heterocycles. The van der Waals surface area contributed by atoms with Crippen LogP contribution in [-0.2, 0) is 108 Å². The van der Waals surface area contributed by atoms with Gasteiger partial charge in [-0.05, 0) is 178 Å². The number of halogens is 1. The van der Waals surface area contributed by atoms with Crippen LogP contribution in [0.25, 0.3) is 23.0 Å². The topological polar surface area (TPSA) is 560 Å². The number of amidine groups is 3. The maximum atomic E-state index is 14.0. The van der Waals surface area contributed by atoms with Crippen LogP contribution in [0.3, 0.4) is 0 Å². The van der Waals surface area contributed by atoms with Gasteiger partial charge in [0.15, 0.2) is 40.6 Å². The smallest absolute Gasteiger partial charge is 0.345 e. The minimum Gasteiger partial charge on any atom is -0.506 e. The number of ether oxygens (including phenoxy) is 1. The molecule has 7 aliphatic rings. The zero-order valence-corrected chi connectivity index (χ0v) is 90.9. The van der Waals surface area contributed by atoms with Crippen molar-refractivity contribution in [1.82, 2.24) is 0 Å². The van der Waals surface area contributed by atoms with Crippen LogP contribution >= 0.6 is 10.7 Å². The number of carbonyl (C=O) groups excluding carboxylic acids is 5. The Labute approximate surface area is 859 Å². The highest BCUT2D eigenvalue weighted by molar-refractivity contribution is 8.13. The van der Waals surface area contributed by atoms with E-state index in [2.05, 4.69) is 127 Å². The number of hydrogen-bond donors (Lipinski definition) is 8. The molecule has 4 aliphatic carbocycles. The van der Waals surface area contributed by atoms with E-state index in [-0.39, 0.29) is 165 Å². The van der Waals surface area contributed by atoms with Gasteiger partial charge < -0.3 is 36.6 Å². The van der Waals surface area contributed by atoms with E-state index in [0.29, 0.717) is 69.9 Å². The highest BCUT2D eigenvalue weighted by Gasteiger charge is 2.52. The fourth-order valence-corrected chi connectivity index (χ4v) is 22.8. The quantitative estimate of drug-likeness (QED) is 0.00987. The summed E-state index contributed by atoms with van der Waals surface area (Å²) in [5, 5.41) is 65.7. The first-order valence-corrected chi connectivity index (χ1v) is 58.3. The summed E-state index contributed by atoms with van der Waals surface area (Å²) in [6.45, 7) is 34.7. The largest absolute Gasteiger partial charge is 0.506 e. The molecule has 8 aromatic rings. The van der Waals surface area contributed by atoms with Crippen molar-refractivity contribution in [1.29, 1.82) is 4.78 Å². The Kier molecular flexibility index (Phi) is 34.4. The van der Waals surface area contributed by atoms with Crippen LogP contribution in [0.4, 0.5) is 45.5 Å². The third-order valence-corrected chi connectivity index (χ3v) is 32.1. The summed E-state index contributed by atoms with van der Waals surface area (Å²) in [5.74, 6) is -3.16. The fraction of sp³-hybridized carbons (Fsp3) is 0.390. The monoisotopic (exact) mass is 2140 g/mol. The SMILES string of the molecule is C.CC(C)(C)CC[C@@]1(C)C(=O)C(C2=Nc3ccc(N)cc3S(C)(=O)=N2)=C(O)c2ccccc21.CC(C)(C)CC[C@@]1(C)C(=O)C(C2=Nc3ccc(NS(C)(=O)=O)cc3S(C)(=O)=N2)=C(O)c2ccccc21.CC(C)(C)CC[C@@]1(C)C(=O)C(C2=Nc3ccc([N+](=O)[O-])cc3S(C)(=O)=N2)=C(O)c2ccccc21.CCOC(=O)C1=C(O)c2ccccc2[C@@](C)(CCC(C)(C)C)C1=O.CS(=N)(=O)c1cc([N+](=O)[O-])ccc1N.CS(=O)(=O)Cl. The highest BCUT2D eigenvalue weighted by Crippen LogP contribution is 2.52. The van der Waals surface area contributed by atoms with Crippen LogP contribution in [0.1, 0.15) is 221 Å². The van der Waals surface area contributed by atoms with Gasteiger partial charge in [0.2, 0.25) is 19.1 Å². The Morgan fingerprint density at radius 2 is 0.747 bits per heavy atom. The van der Waals surface area contributed by atoms with Crippen LogP contribution in [0.5, 0.6) is 0 Å². The number of non-ortho nitro benzene ring substituents is 2. The van der Waals surface area contributed by atoms with Gasteiger partial charge in [0.1, 0.15) is 45.3 Å². The number of nitrogen functional groups attached to an aromatic ring is 2. The lowest BCUT2D eigenvalue weighted by Gasteiger charge is -2.37. The zero-order valence-electron chi connectivity index (χ0n) is 85.2. The first kappa shape index (κ1) is 117. The van der Waals surface area contributed by atoms with E-state index in [9.17, 15) is 98.3 Å². The van der Waals surface area contributed by atoms with Crippen molar-refractivity contribution in [3.05, 3.63) is 257 Å². The van der Waals surface area contributed by atoms with Crippen LogP contribution in [0.2, 0.25) is 0 Å². The number of sulfonamides is 1. The molecule has 146 heavy (non-hydrogen) atoms. The lowest BCUT2D eigenvalue weighted by Crippen LogP contribution is -2.41. The molecule has 15 rings (SSSR count). The first-order chi connectivity index (χ1) is 66.5. The Morgan fingerprint density at radius 3 is 1.06 bits per heavy atom. The predicted octanol–water partition coefficient (Wildman–Crippen LogP) is 22.5. The number of anilines is 3. The molecule has 4 unspecified atom stereocenters. The van der Waals surface area contributed by atoms with E-state index in [0.717, 1.165) is 66.5 Å². The highest BCUT2D eigenvalue weighted by atomic mass is 35.7. The number of hydrogen-bond acceptors (Lipinski definition) is 31. The van der Waals surface area contributed by atoms with Crippen molar-refractivity contribution in [2.75, 3.05) is 60.3 Å². The van der Waals surface area contributed by atoms with Gasteiger partial charge in [-0.3, -0.25) is 44.1 Å². The molecule has 784 valence electrons. The number of nitrogens with zero attached hydrogens (tertiary/aromatic N) is 8. The number of nitro benzene ring substituents is 2. The summed E-state index contributed by atoms with van der Waals surface area (Å²) >= 11 is 0. The van der Waals surface area contributed by atoms with E-state index in [4.69, 9.17) is 21.0 Å². The average Bonchev–Trinajstić information content (AvgIpc) is 0.731. The molecule has 10 N–H and O–H groups in total. The molecule has 0 spiro atoms. The molecule has 0 radical (unpaired) electrons. The predicted molar refractivity (Wildman–Crippen MR) is 579 cm³/mol. The molecule has 3 heterocycles. The number of nitrogens with one attached hydrogen (secondary N) is 2. The van der Waals surface area contributed by atoms with Crippen LogP contribution in [-0.4, -0.2) is 155 Å². The van der Waals surface area contributed by atoms with Gasteiger partial charge in [-0.15, -0.1) is 0 Å². The number of carbonyl (C=O) groups is 5. The average molecular weight is 2140 g/mol. The van der Waals surface area contributed by atoms with Gasteiger partial charge in [0.05, 0.1) is 126 Å². The van der Waals surface area contributed by atoms with Crippen LogP contribution in [0.15, 0.2) is 240 Å². The molecule has 0 saturated heterocycles. The maximum Gasteiger partial charge on any atom is 0.345 e. The number of ketones is 4. The van der Waals surface area contributed by atoms with Gasteiger partial charge in [-0.25, -0.2) is 58.2 Å². The van der Waals surface area contributed by atoms with E-state index in [1.807, 2.05) is 82.3 Å². The number of nitrogens with two attached hydrogens (primary N) is 2. The van der Waals surface area contributed by atoms with Crippen molar-refractivity contribution >= 4 is 184 Å². The molecular weight excluding hydrogens is 2010 g/mol. The minimum atomic E-state index is -3.54. The van der Waals surface area contributed by atoms with Gasteiger partial charge in [0, 0.05) is 99.3 Å². The molecule has 0 aromatic heterocycles. The number of nitro groups is 2. The number of benzene rings is 8. The third-order valence-electron chi connectivity index (χ3n) is 25.3. The van der Waals surface area contributed by atoms with E-state index >= 15 is 0 Å². The summed E-state index contributed by atoms with van der Waals surface area (Å²) in [6, 6.07) is 45.9. The first-order valence-electron chi connectivity index (χ1n) is 45.9. The van der Waals surface area contributed by atoms with Crippen molar-refractivity contribution in [3.8, 4) is 0 Å².